The molecule has 2 rings (SSSR count). The molecular formula is C21H25N5O7. The Balaban J connectivity index is 2.54. The van der Waals surface area contributed by atoms with Crippen LogP contribution in [0.4, 0.5) is 21.0 Å². The van der Waals surface area contributed by atoms with Crippen LogP contribution in [0.25, 0.3) is 11.1 Å². The Morgan fingerprint density at radius 3 is 2.58 bits per heavy atom. The number of H-pyrrole nitrogens is 1. The van der Waals surface area contributed by atoms with Crippen molar-refractivity contribution in [1.29, 1.82) is 0 Å². The van der Waals surface area contributed by atoms with Crippen molar-refractivity contribution in [2.45, 2.75) is 38.8 Å². The highest BCUT2D eigenvalue weighted by molar-refractivity contribution is 5.87. The van der Waals surface area contributed by atoms with Gasteiger partial charge >= 0.3 is 12.2 Å². The van der Waals surface area contributed by atoms with Crippen LogP contribution >= 0.6 is 0 Å². The lowest BCUT2D eigenvalue weighted by atomic mass is 10.0. The lowest BCUT2D eigenvalue weighted by Gasteiger charge is -2.23. The summed E-state index contributed by atoms with van der Waals surface area (Å²) >= 11 is 0. The van der Waals surface area contributed by atoms with Crippen molar-refractivity contribution in [3.63, 3.8) is 0 Å². The van der Waals surface area contributed by atoms with E-state index in [4.69, 9.17) is 9.84 Å². The van der Waals surface area contributed by atoms with Crippen LogP contribution in [0.5, 0.6) is 0 Å². The van der Waals surface area contributed by atoms with Crippen LogP contribution < -0.4 is 15.8 Å². The Morgan fingerprint density at radius 2 is 2.03 bits per heavy atom. The Labute approximate surface area is 189 Å². The molecule has 1 aromatic carbocycles. The second-order valence-electron chi connectivity index (χ2n) is 8.06. The molecule has 0 spiro atoms. The van der Waals surface area contributed by atoms with Crippen LogP contribution in [0.2, 0.25) is 0 Å². The van der Waals surface area contributed by atoms with Crippen molar-refractivity contribution < 1.29 is 24.4 Å². The number of rotatable bonds is 7. The van der Waals surface area contributed by atoms with Crippen molar-refractivity contribution in [3.05, 3.63) is 63.1 Å². The average Bonchev–Trinajstić information content (AvgIpc) is 2.71. The van der Waals surface area contributed by atoms with Gasteiger partial charge in [-0.25, -0.2) is 14.7 Å². The quantitative estimate of drug-likeness (QED) is 0.320. The van der Waals surface area contributed by atoms with Gasteiger partial charge in [0, 0.05) is 13.1 Å². The third kappa shape index (κ3) is 6.38. The average molecular weight is 459 g/mol. The fraction of sp³-hybridized carbons (Fsp3) is 0.333. The van der Waals surface area contributed by atoms with Gasteiger partial charge in [-0.2, -0.15) is 5.10 Å². The van der Waals surface area contributed by atoms with Gasteiger partial charge in [-0.1, -0.05) is 6.08 Å². The molecule has 1 atom stereocenters. The number of aromatic amines is 1. The molecule has 1 aromatic heterocycles. The van der Waals surface area contributed by atoms with Crippen LogP contribution in [-0.4, -0.2) is 45.1 Å². The first-order valence-corrected chi connectivity index (χ1v) is 9.79. The molecule has 0 saturated carbocycles. The molecule has 0 unspecified atom stereocenters. The summed E-state index contributed by atoms with van der Waals surface area (Å²) in [5.74, 6) is 0. The normalized spacial score (nSPS) is 11.9. The monoisotopic (exact) mass is 459 g/mol. The number of hydrogen-bond donors (Lipinski definition) is 3. The van der Waals surface area contributed by atoms with Crippen LogP contribution in [0.3, 0.4) is 0 Å². The number of alkyl carbamates (subject to hydrolysis) is 1. The molecule has 0 saturated heterocycles. The fourth-order valence-corrected chi connectivity index (χ4v) is 2.89. The standard InChI is InChI=1S/C21H25N5O7/c1-6-7-15(22-19(28)33-21(2,3)4)16-11-14(18(27)24-23-16)13-9-8-12(25(5)20(29)30)10-17(13)26(31)32/h6,8-11,15H,1,7H2,2-5H3,(H,22,28)(H,24,27)(H,29,30)/t15-/m0/s1. The number of amides is 2. The predicted octanol–water partition coefficient (Wildman–Crippen LogP) is 3.60. The predicted molar refractivity (Wildman–Crippen MR) is 120 cm³/mol. The SMILES string of the molecule is C=CC[C@H](NC(=O)OC(C)(C)C)c1cc(-c2ccc(N(C)C(=O)O)cc2[N+](=O)[O-])c(=O)[nH]n1. The van der Waals surface area contributed by atoms with Gasteiger partial charge in [-0.05, 0) is 45.4 Å². The second kappa shape index (κ2) is 9.94. The summed E-state index contributed by atoms with van der Waals surface area (Å²) in [6.45, 7) is 8.76. The highest BCUT2D eigenvalue weighted by atomic mass is 16.6. The molecule has 33 heavy (non-hydrogen) atoms. The van der Waals surface area contributed by atoms with E-state index < -0.39 is 40.0 Å². The van der Waals surface area contributed by atoms with Gasteiger partial charge in [-0.15, -0.1) is 6.58 Å². The first-order valence-electron chi connectivity index (χ1n) is 9.79. The number of carbonyl (C=O) groups excluding carboxylic acids is 1. The largest absolute Gasteiger partial charge is 0.465 e. The minimum atomic E-state index is -1.30. The zero-order chi connectivity index (χ0) is 24.9. The molecule has 176 valence electrons. The third-order valence-corrected chi connectivity index (χ3v) is 4.42. The highest BCUT2D eigenvalue weighted by Gasteiger charge is 2.25. The van der Waals surface area contributed by atoms with Gasteiger partial charge in [0.15, 0.2) is 0 Å². The topological polar surface area (TPSA) is 168 Å². The van der Waals surface area contributed by atoms with E-state index in [1.54, 1.807) is 20.8 Å². The van der Waals surface area contributed by atoms with Gasteiger partial charge in [0.25, 0.3) is 11.2 Å². The summed E-state index contributed by atoms with van der Waals surface area (Å²) < 4.78 is 5.25. The Bertz CT molecular complexity index is 1140. The van der Waals surface area contributed by atoms with Gasteiger partial charge in [0.1, 0.15) is 5.60 Å². The highest BCUT2D eigenvalue weighted by Crippen LogP contribution is 2.32. The molecule has 3 N–H and O–H groups in total. The minimum absolute atomic E-state index is 0.0398. The minimum Gasteiger partial charge on any atom is -0.465 e. The maximum Gasteiger partial charge on any atom is 0.411 e. The second-order valence-corrected chi connectivity index (χ2v) is 8.06. The van der Waals surface area contributed by atoms with Crippen LogP contribution in [0.1, 0.15) is 38.9 Å². The smallest absolute Gasteiger partial charge is 0.411 e. The molecule has 0 bridgehead atoms. The number of nitro groups is 1. The first kappa shape index (κ1) is 25.0. The molecule has 0 fully saturated rings. The fourth-order valence-electron chi connectivity index (χ4n) is 2.89. The van der Waals surface area contributed by atoms with Crippen molar-refractivity contribution in [2.75, 3.05) is 11.9 Å². The number of anilines is 1. The Morgan fingerprint density at radius 1 is 1.36 bits per heavy atom. The first-order chi connectivity index (χ1) is 15.3. The number of benzene rings is 1. The molecule has 0 aliphatic carbocycles. The van der Waals surface area contributed by atoms with Crippen LogP contribution in [-0.2, 0) is 4.74 Å². The summed E-state index contributed by atoms with van der Waals surface area (Å²) in [5, 5.41) is 29.7. The van der Waals surface area contributed by atoms with Crippen LogP contribution in [0.15, 0.2) is 41.7 Å². The van der Waals surface area contributed by atoms with Crippen LogP contribution in [0, 0.1) is 10.1 Å². The molecule has 2 aromatic rings. The number of carbonyl (C=O) groups is 2. The van der Waals surface area contributed by atoms with Gasteiger partial charge in [0.2, 0.25) is 0 Å². The van der Waals surface area contributed by atoms with E-state index in [-0.39, 0.29) is 28.9 Å². The van der Waals surface area contributed by atoms with E-state index in [2.05, 4.69) is 22.1 Å². The van der Waals surface area contributed by atoms with E-state index in [0.29, 0.717) is 0 Å². The van der Waals surface area contributed by atoms with E-state index in [1.165, 1.54) is 31.3 Å². The van der Waals surface area contributed by atoms with E-state index >= 15 is 0 Å². The Kier molecular flexibility index (Phi) is 7.54. The number of nitrogens with one attached hydrogen (secondary N) is 2. The van der Waals surface area contributed by atoms with Gasteiger partial charge in [0.05, 0.1) is 33.5 Å². The molecule has 12 heteroatoms. The Hall–Kier alpha value is -4.22. The number of nitrogens with zero attached hydrogens (tertiary/aromatic N) is 3. The number of aromatic nitrogens is 2. The molecule has 0 aliphatic rings. The van der Waals surface area contributed by atoms with E-state index in [0.717, 1.165) is 11.0 Å². The molecule has 2 amide bonds. The maximum atomic E-state index is 12.5. The van der Waals surface area contributed by atoms with Crippen molar-refractivity contribution in [2.24, 2.45) is 0 Å². The lowest BCUT2D eigenvalue weighted by Crippen LogP contribution is -2.35. The molecule has 1 heterocycles. The number of carboxylic acid groups (broad SMARTS) is 1. The molecule has 0 radical (unpaired) electrons. The summed E-state index contributed by atoms with van der Waals surface area (Å²) in [7, 11) is 1.24. The van der Waals surface area contributed by atoms with Crippen molar-refractivity contribution in [1.82, 2.24) is 15.5 Å². The molecule has 0 aliphatic heterocycles. The third-order valence-electron chi connectivity index (χ3n) is 4.42. The zero-order valence-electron chi connectivity index (χ0n) is 18.6. The van der Waals surface area contributed by atoms with Crippen molar-refractivity contribution >= 4 is 23.6 Å². The summed E-state index contributed by atoms with van der Waals surface area (Å²) in [6.07, 6.45) is -0.243. The summed E-state index contributed by atoms with van der Waals surface area (Å²) in [6, 6.07) is 4.28. The summed E-state index contributed by atoms with van der Waals surface area (Å²) in [5.41, 5.74) is -1.74. The number of nitro benzene ring substituents is 1. The molecular weight excluding hydrogens is 434 g/mol. The van der Waals surface area contributed by atoms with Gasteiger partial charge < -0.3 is 15.2 Å². The van der Waals surface area contributed by atoms with E-state index in [1.807, 2.05) is 0 Å². The number of hydrogen-bond acceptors (Lipinski definition) is 7. The molecule has 12 nitrogen and oxygen atoms in total. The van der Waals surface area contributed by atoms with Gasteiger partial charge in [-0.3, -0.25) is 19.8 Å². The maximum absolute atomic E-state index is 12.5. The van der Waals surface area contributed by atoms with E-state index in [9.17, 15) is 24.5 Å². The lowest BCUT2D eigenvalue weighted by molar-refractivity contribution is -0.384. The number of ether oxygens (including phenoxy) is 1. The van der Waals surface area contributed by atoms with Crippen molar-refractivity contribution in [3.8, 4) is 11.1 Å². The summed E-state index contributed by atoms with van der Waals surface area (Å²) in [4.78, 5) is 47.7. The zero-order valence-corrected chi connectivity index (χ0v) is 18.6.